The third-order valence-corrected chi connectivity index (χ3v) is 5.73. The van der Waals surface area contributed by atoms with Crippen molar-refractivity contribution in [2.45, 2.75) is 57.6 Å². The van der Waals surface area contributed by atoms with E-state index in [9.17, 15) is 9.59 Å². The molecule has 0 fully saturated rings. The Balaban J connectivity index is 2.06. The van der Waals surface area contributed by atoms with Gasteiger partial charge in [-0.15, -0.1) is 11.8 Å². The Morgan fingerprint density at radius 1 is 1.03 bits per heavy atom. The summed E-state index contributed by atoms with van der Waals surface area (Å²) in [4.78, 5) is 28.4. The molecule has 1 unspecified atom stereocenters. The summed E-state index contributed by atoms with van der Waals surface area (Å²) in [5.74, 6) is 1.26. The molecule has 6 heteroatoms. The Morgan fingerprint density at radius 2 is 1.67 bits per heavy atom. The largest absolute Gasteiger partial charge is 0.497 e. The summed E-state index contributed by atoms with van der Waals surface area (Å²) < 4.78 is 5.21. The van der Waals surface area contributed by atoms with E-state index in [-0.39, 0.29) is 17.9 Å². The van der Waals surface area contributed by atoms with E-state index in [1.165, 1.54) is 5.56 Å². The van der Waals surface area contributed by atoms with Crippen LogP contribution in [0.3, 0.4) is 0 Å². The molecule has 0 radical (unpaired) electrons. The van der Waals surface area contributed by atoms with Crippen LogP contribution >= 0.6 is 11.8 Å². The number of carbonyl (C=O) groups excluding carboxylic acids is 2. The second-order valence-corrected chi connectivity index (χ2v) is 8.79. The van der Waals surface area contributed by atoms with Crippen LogP contribution in [0.5, 0.6) is 5.75 Å². The highest BCUT2D eigenvalue weighted by Gasteiger charge is 2.26. The molecule has 0 heterocycles. The summed E-state index contributed by atoms with van der Waals surface area (Å²) >= 11 is 1.65. The summed E-state index contributed by atoms with van der Waals surface area (Å²) in [5.41, 5.74) is 2.17. The molecule has 162 valence electrons. The van der Waals surface area contributed by atoms with Gasteiger partial charge in [0.05, 0.1) is 7.11 Å². The minimum atomic E-state index is -0.550. The lowest BCUT2D eigenvalue weighted by Gasteiger charge is -2.29. The van der Waals surface area contributed by atoms with E-state index < -0.39 is 6.04 Å². The van der Waals surface area contributed by atoms with Gasteiger partial charge in [-0.3, -0.25) is 9.59 Å². The van der Waals surface area contributed by atoms with Crippen LogP contribution in [0.2, 0.25) is 0 Å². The average molecular weight is 429 g/mol. The number of hydrogen-bond donors (Lipinski definition) is 1. The van der Waals surface area contributed by atoms with Gasteiger partial charge in [-0.2, -0.15) is 0 Å². The van der Waals surface area contributed by atoms with Gasteiger partial charge in [0.1, 0.15) is 11.8 Å². The number of aryl methyl sites for hydroxylation is 1. The molecule has 1 N–H and O–H groups in total. The number of benzene rings is 2. The van der Waals surface area contributed by atoms with Gasteiger partial charge in [0.2, 0.25) is 11.8 Å². The number of amides is 2. The molecule has 0 spiro atoms. The van der Waals surface area contributed by atoms with Crippen LogP contribution in [-0.2, 0) is 16.1 Å². The zero-order valence-electron chi connectivity index (χ0n) is 18.5. The van der Waals surface area contributed by atoms with Gasteiger partial charge in [-0.25, -0.2) is 0 Å². The van der Waals surface area contributed by atoms with Gasteiger partial charge in [0.15, 0.2) is 0 Å². The molecule has 2 aromatic rings. The first-order valence-electron chi connectivity index (χ1n) is 10.2. The van der Waals surface area contributed by atoms with Crippen molar-refractivity contribution in [3.05, 3.63) is 59.7 Å². The third kappa shape index (κ3) is 7.41. The van der Waals surface area contributed by atoms with Gasteiger partial charge in [-0.1, -0.05) is 29.8 Å². The summed E-state index contributed by atoms with van der Waals surface area (Å²) in [6, 6.07) is 15.3. The number of nitrogens with one attached hydrogen (secondary N) is 1. The van der Waals surface area contributed by atoms with Crippen molar-refractivity contribution in [1.29, 1.82) is 0 Å². The first kappa shape index (κ1) is 23.8. The number of ether oxygens (including phenoxy) is 1. The zero-order valence-corrected chi connectivity index (χ0v) is 19.3. The Labute approximate surface area is 184 Å². The highest BCUT2D eigenvalue weighted by molar-refractivity contribution is 7.99. The smallest absolute Gasteiger partial charge is 0.242 e. The highest BCUT2D eigenvalue weighted by atomic mass is 32.2. The van der Waals surface area contributed by atoms with E-state index in [0.717, 1.165) is 16.2 Å². The van der Waals surface area contributed by atoms with Crippen LogP contribution in [0.25, 0.3) is 0 Å². The quantitative estimate of drug-likeness (QED) is 0.569. The molecular formula is C24H32N2O3S. The highest BCUT2D eigenvalue weighted by Crippen LogP contribution is 2.21. The van der Waals surface area contributed by atoms with Gasteiger partial charge < -0.3 is 15.0 Å². The molecule has 0 aromatic heterocycles. The molecular weight excluding hydrogens is 396 g/mol. The van der Waals surface area contributed by atoms with Gasteiger partial charge in [-0.05, 0) is 57.5 Å². The number of rotatable bonds is 10. The van der Waals surface area contributed by atoms with Crippen molar-refractivity contribution in [3.8, 4) is 5.75 Å². The molecule has 5 nitrogen and oxygen atoms in total. The summed E-state index contributed by atoms with van der Waals surface area (Å²) in [6.45, 7) is 8.05. The Bertz CT molecular complexity index is 819. The van der Waals surface area contributed by atoms with Crippen LogP contribution < -0.4 is 10.1 Å². The molecule has 2 aromatic carbocycles. The number of thioether (sulfide) groups is 1. The lowest BCUT2D eigenvalue weighted by atomic mass is 10.1. The molecule has 0 aliphatic carbocycles. The fourth-order valence-corrected chi connectivity index (χ4v) is 3.79. The molecule has 30 heavy (non-hydrogen) atoms. The summed E-state index contributed by atoms with van der Waals surface area (Å²) in [5, 5.41) is 2.91. The summed E-state index contributed by atoms with van der Waals surface area (Å²) in [7, 11) is 1.62. The lowest BCUT2D eigenvalue weighted by Crippen LogP contribution is -2.49. The molecule has 2 amide bonds. The topological polar surface area (TPSA) is 58.6 Å². The van der Waals surface area contributed by atoms with Gasteiger partial charge in [0, 0.05) is 29.7 Å². The predicted octanol–water partition coefficient (Wildman–Crippen LogP) is 4.43. The molecule has 0 aliphatic heterocycles. The van der Waals surface area contributed by atoms with Crippen LogP contribution in [-0.4, -0.2) is 41.7 Å². The van der Waals surface area contributed by atoms with E-state index in [4.69, 9.17) is 4.74 Å². The average Bonchev–Trinajstić information content (AvgIpc) is 2.72. The number of nitrogens with zero attached hydrogens (tertiary/aromatic N) is 1. The van der Waals surface area contributed by atoms with Crippen molar-refractivity contribution in [1.82, 2.24) is 10.2 Å². The van der Waals surface area contributed by atoms with Crippen LogP contribution in [0.1, 0.15) is 38.3 Å². The van der Waals surface area contributed by atoms with Crippen LogP contribution in [0, 0.1) is 6.92 Å². The van der Waals surface area contributed by atoms with Crippen LogP contribution in [0.4, 0.5) is 0 Å². The van der Waals surface area contributed by atoms with Gasteiger partial charge in [0.25, 0.3) is 0 Å². The number of carbonyl (C=O) groups is 2. The minimum absolute atomic E-state index is 0.0231. The Kier molecular flexibility index (Phi) is 9.24. The number of hydrogen-bond acceptors (Lipinski definition) is 4. The molecule has 2 rings (SSSR count). The SMILES string of the molecule is COc1ccc(CN(C(=O)CCSc2ccc(C)cc2)C(C)C(=O)NC(C)C)cc1. The predicted molar refractivity (Wildman–Crippen MR) is 123 cm³/mol. The fourth-order valence-electron chi connectivity index (χ4n) is 2.95. The standard InChI is InChI=1S/C24H32N2O3S/c1-17(2)25-24(28)19(4)26(16-20-8-10-21(29-5)11-9-20)23(27)14-15-30-22-12-6-18(3)7-13-22/h6-13,17,19H,14-16H2,1-5H3,(H,25,28). The van der Waals surface area contributed by atoms with Crippen molar-refractivity contribution >= 4 is 23.6 Å². The second-order valence-electron chi connectivity index (χ2n) is 7.62. The van der Waals surface area contributed by atoms with E-state index in [1.54, 1.807) is 30.7 Å². The minimum Gasteiger partial charge on any atom is -0.497 e. The van der Waals surface area contributed by atoms with Crippen molar-refractivity contribution in [3.63, 3.8) is 0 Å². The zero-order chi connectivity index (χ0) is 22.1. The Morgan fingerprint density at radius 3 is 2.23 bits per heavy atom. The third-order valence-electron chi connectivity index (χ3n) is 4.72. The summed E-state index contributed by atoms with van der Waals surface area (Å²) in [6.07, 6.45) is 0.369. The first-order chi connectivity index (χ1) is 14.3. The van der Waals surface area contributed by atoms with Crippen LogP contribution in [0.15, 0.2) is 53.4 Å². The van der Waals surface area contributed by atoms with E-state index in [0.29, 0.717) is 18.7 Å². The molecule has 0 aliphatic rings. The second kappa shape index (κ2) is 11.6. The molecule has 1 atom stereocenters. The maximum absolute atomic E-state index is 13.1. The van der Waals surface area contributed by atoms with E-state index >= 15 is 0 Å². The molecule has 0 saturated heterocycles. The van der Waals surface area contributed by atoms with Gasteiger partial charge >= 0.3 is 0 Å². The van der Waals surface area contributed by atoms with Crippen molar-refractivity contribution < 1.29 is 14.3 Å². The maximum Gasteiger partial charge on any atom is 0.242 e. The fraction of sp³-hybridized carbons (Fsp3) is 0.417. The molecule has 0 saturated carbocycles. The lowest BCUT2D eigenvalue weighted by molar-refractivity contribution is -0.140. The van der Waals surface area contributed by atoms with Crippen molar-refractivity contribution in [2.24, 2.45) is 0 Å². The van der Waals surface area contributed by atoms with E-state index in [2.05, 4.69) is 36.5 Å². The maximum atomic E-state index is 13.1. The first-order valence-corrected chi connectivity index (χ1v) is 11.2. The molecule has 0 bridgehead atoms. The Hall–Kier alpha value is -2.47. The monoisotopic (exact) mass is 428 g/mol. The van der Waals surface area contributed by atoms with Crippen molar-refractivity contribution in [2.75, 3.05) is 12.9 Å². The normalized spacial score (nSPS) is 11.8. The number of methoxy groups -OCH3 is 1. The van der Waals surface area contributed by atoms with E-state index in [1.807, 2.05) is 38.1 Å².